The third kappa shape index (κ3) is 2.81. The van der Waals surface area contributed by atoms with Crippen molar-refractivity contribution in [2.75, 3.05) is 0 Å². The van der Waals surface area contributed by atoms with E-state index in [1.807, 2.05) is 0 Å². The Morgan fingerprint density at radius 1 is 0.923 bits per heavy atom. The zero-order valence-corrected chi connectivity index (χ0v) is 8.84. The van der Waals surface area contributed by atoms with Gasteiger partial charge in [0.05, 0.1) is 0 Å². The average Bonchev–Trinajstić information content (AvgIpc) is 2.21. The van der Waals surface area contributed by atoms with E-state index in [-0.39, 0.29) is 0 Å². The van der Waals surface area contributed by atoms with Crippen LogP contribution in [0.1, 0.15) is 32.1 Å². The van der Waals surface area contributed by atoms with Crippen LogP contribution in [0.15, 0.2) is 30.3 Å². The lowest BCUT2D eigenvalue weighted by molar-refractivity contribution is 0.514. The molecule has 1 heteroatoms. The molecule has 0 bridgehead atoms. The summed E-state index contributed by atoms with van der Waals surface area (Å²) in [5.41, 5.74) is 0.941. The molecule has 0 aromatic heterocycles. The van der Waals surface area contributed by atoms with Crippen LogP contribution < -0.4 is 5.30 Å². The molecule has 0 heterocycles. The standard InChI is InChI=1S/C12H16P/c1-3-7-11(8-4-1)13-12-9-5-2-6-10-12/h1,3-4,7-8,12H,2,5-6,9-10H2. The Labute approximate surface area is 82.5 Å². The third-order valence-electron chi connectivity index (χ3n) is 2.66. The fraction of sp³-hybridized carbons (Fsp3) is 0.500. The molecule has 69 valence electrons. The van der Waals surface area contributed by atoms with Gasteiger partial charge in [-0.1, -0.05) is 49.6 Å². The van der Waals surface area contributed by atoms with Crippen molar-refractivity contribution in [2.24, 2.45) is 0 Å². The molecular weight excluding hydrogens is 175 g/mol. The summed E-state index contributed by atoms with van der Waals surface area (Å²) in [6.45, 7) is 0. The van der Waals surface area contributed by atoms with E-state index in [4.69, 9.17) is 0 Å². The number of benzene rings is 1. The summed E-state index contributed by atoms with van der Waals surface area (Å²) in [6.07, 6.45) is 7.24. The largest absolute Gasteiger partial charge is 0.0622 e. The molecule has 1 aromatic rings. The smallest absolute Gasteiger partial charge is 0.0127 e. The zero-order chi connectivity index (χ0) is 8.93. The molecule has 2 rings (SSSR count). The molecule has 1 fully saturated rings. The van der Waals surface area contributed by atoms with Gasteiger partial charge in [0, 0.05) is 0 Å². The van der Waals surface area contributed by atoms with Crippen LogP contribution in [0.5, 0.6) is 0 Å². The molecule has 0 unspecified atom stereocenters. The highest BCUT2D eigenvalue weighted by Gasteiger charge is 2.13. The summed E-state index contributed by atoms with van der Waals surface area (Å²) in [7, 11) is 1.56. The normalized spacial score (nSPS) is 19.7. The maximum Gasteiger partial charge on any atom is -0.0127 e. The van der Waals surface area contributed by atoms with Crippen molar-refractivity contribution in [3.8, 4) is 0 Å². The molecule has 1 aliphatic rings. The molecule has 0 saturated heterocycles. The summed E-state index contributed by atoms with van der Waals surface area (Å²) in [6, 6.07) is 10.9. The Kier molecular flexibility index (Phi) is 3.38. The summed E-state index contributed by atoms with van der Waals surface area (Å²) in [4.78, 5) is 0. The fourth-order valence-electron chi connectivity index (χ4n) is 1.94. The molecule has 13 heavy (non-hydrogen) atoms. The summed E-state index contributed by atoms with van der Waals surface area (Å²) >= 11 is 0. The van der Waals surface area contributed by atoms with E-state index in [1.165, 1.54) is 37.4 Å². The van der Waals surface area contributed by atoms with Gasteiger partial charge in [-0.25, -0.2) is 0 Å². The molecule has 1 aromatic carbocycles. The van der Waals surface area contributed by atoms with Crippen molar-refractivity contribution in [2.45, 2.75) is 37.8 Å². The van der Waals surface area contributed by atoms with Gasteiger partial charge in [0.2, 0.25) is 0 Å². The van der Waals surface area contributed by atoms with Crippen LogP contribution in [0, 0.1) is 0 Å². The molecule has 0 nitrogen and oxygen atoms in total. The molecule has 1 saturated carbocycles. The first-order valence-electron chi connectivity index (χ1n) is 5.21. The van der Waals surface area contributed by atoms with Crippen molar-refractivity contribution < 1.29 is 0 Å². The molecule has 0 atom stereocenters. The van der Waals surface area contributed by atoms with Gasteiger partial charge in [0.1, 0.15) is 0 Å². The van der Waals surface area contributed by atoms with Crippen LogP contribution in [-0.4, -0.2) is 5.66 Å². The highest BCUT2D eigenvalue weighted by atomic mass is 31.1. The third-order valence-corrected chi connectivity index (χ3v) is 4.14. The van der Waals surface area contributed by atoms with Gasteiger partial charge >= 0.3 is 0 Å². The Bertz CT molecular complexity index is 237. The van der Waals surface area contributed by atoms with Crippen molar-refractivity contribution in [1.82, 2.24) is 0 Å². The van der Waals surface area contributed by atoms with Crippen LogP contribution in [0.4, 0.5) is 0 Å². The average molecular weight is 191 g/mol. The minimum absolute atomic E-state index is 0.941. The minimum Gasteiger partial charge on any atom is -0.0622 e. The Morgan fingerprint density at radius 3 is 2.31 bits per heavy atom. The second kappa shape index (κ2) is 4.77. The van der Waals surface area contributed by atoms with Gasteiger partial charge in [0.25, 0.3) is 0 Å². The molecule has 1 radical (unpaired) electrons. The maximum atomic E-state index is 2.25. The number of hydrogen-bond donors (Lipinski definition) is 0. The summed E-state index contributed by atoms with van der Waals surface area (Å²) < 4.78 is 0. The van der Waals surface area contributed by atoms with E-state index in [0.29, 0.717) is 0 Å². The molecule has 0 amide bonds. The van der Waals surface area contributed by atoms with Crippen LogP contribution >= 0.6 is 8.58 Å². The second-order valence-electron chi connectivity index (χ2n) is 3.76. The Balaban J connectivity index is 1.90. The lowest BCUT2D eigenvalue weighted by Crippen LogP contribution is -2.10. The van der Waals surface area contributed by atoms with E-state index in [2.05, 4.69) is 30.3 Å². The summed E-state index contributed by atoms with van der Waals surface area (Å²) in [5, 5.41) is 1.49. The van der Waals surface area contributed by atoms with Crippen LogP contribution in [-0.2, 0) is 0 Å². The van der Waals surface area contributed by atoms with Crippen LogP contribution in [0.25, 0.3) is 0 Å². The first-order chi connectivity index (χ1) is 6.45. The Hall–Kier alpha value is -0.350. The highest BCUT2D eigenvalue weighted by molar-refractivity contribution is 7.48. The first-order valence-corrected chi connectivity index (χ1v) is 6.17. The molecule has 1 aliphatic carbocycles. The molecule has 0 aliphatic heterocycles. The number of hydrogen-bond acceptors (Lipinski definition) is 0. The minimum atomic E-state index is 0.941. The van der Waals surface area contributed by atoms with E-state index in [0.717, 1.165) is 5.66 Å². The first kappa shape index (κ1) is 9.21. The highest BCUT2D eigenvalue weighted by Crippen LogP contribution is 2.31. The van der Waals surface area contributed by atoms with Crippen LogP contribution in [0.3, 0.4) is 0 Å². The van der Waals surface area contributed by atoms with Gasteiger partial charge in [-0.3, -0.25) is 0 Å². The van der Waals surface area contributed by atoms with Gasteiger partial charge in [0.15, 0.2) is 0 Å². The second-order valence-corrected chi connectivity index (χ2v) is 5.26. The lowest BCUT2D eigenvalue weighted by Gasteiger charge is -2.20. The van der Waals surface area contributed by atoms with E-state index >= 15 is 0 Å². The van der Waals surface area contributed by atoms with Gasteiger partial charge < -0.3 is 0 Å². The van der Waals surface area contributed by atoms with Gasteiger partial charge in [-0.2, -0.15) is 0 Å². The zero-order valence-electron chi connectivity index (χ0n) is 7.95. The SMILES string of the molecule is c1ccc([P]C2CCCCC2)cc1. The molecule has 0 N–H and O–H groups in total. The number of rotatable bonds is 2. The monoisotopic (exact) mass is 191 g/mol. The predicted molar refractivity (Wildman–Crippen MR) is 59.9 cm³/mol. The molecular formula is C12H16P. The topological polar surface area (TPSA) is 0 Å². The van der Waals surface area contributed by atoms with Crippen molar-refractivity contribution in [1.29, 1.82) is 0 Å². The lowest BCUT2D eigenvalue weighted by atomic mass is 10.0. The van der Waals surface area contributed by atoms with E-state index in [1.54, 1.807) is 8.58 Å². The summed E-state index contributed by atoms with van der Waals surface area (Å²) in [5.74, 6) is 0. The van der Waals surface area contributed by atoms with Crippen molar-refractivity contribution in [3.63, 3.8) is 0 Å². The predicted octanol–water partition coefficient (Wildman–Crippen LogP) is 3.59. The molecule has 0 spiro atoms. The van der Waals surface area contributed by atoms with Crippen LogP contribution in [0.2, 0.25) is 0 Å². The van der Waals surface area contributed by atoms with E-state index < -0.39 is 0 Å². The Morgan fingerprint density at radius 2 is 1.62 bits per heavy atom. The van der Waals surface area contributed by atoms with Crippen molar-refractivity contribution >= 4 is 13.9 Å². The van der Waals surface area contributed by atoms with Gasteiger partial charge in [-0.15, -0.1) is 0 Å². The van der Waals surface area contributed by atoms with Crippen molar-refractivity contribution in [3.05, 3.63) is 30.3 Å². The fourth-order valence-corrected chi connectivity index (χ4v) is 3.32. The van der Waals surface area contributed by atoms with Gasteiger partial charge in [-0.05, 0) is 32.4 Å². The maximum absolute atomic E-state index is 2.25. The quantitative estimate of drug-likeness (QED) is 0.627. The van der Waals surface area contributed by atoms with E-state index in [9.17, 15) is 0 Å².